The number of carbonyl (C=O) groups is 1. The molecule has 1 saturated carbocycles. The maximum atomic E-state index is 12.4. The number of amides is 1. The van der Waals surface area contributed by atoms with Crippen LogP contribution in [0.2, 0.25) is 0 Å². The Morgan fingerprint density at radius 2 is 2.00 bits per heavy atom. The molecule has 5 nitrogen and oxygen atoms in total. The van der Waals surface area contributed by atoms with Crippen LogP contribution in [-0.2, 0) is 11.3 Å². The maximum Gasteiger partial charge on any atom is 0.240 e. The molecule has 3 N–H and O–H groups in total. The quantitative estimate of drug-likeness (QED) is 0.890. The smallest absolute Gasteiger partial charge is 0.240 e. The van der Waals surface area contributed by atoms with Gasteiger partial charge < -0.3 is 16.0 Å². The third kappa shape index (κ3) is 4.07. The summed E-state index contributed by atoms with van der Waals surface area (Å²) < 4.78 is 0. The SMILES string of the molecule is CC1CCN(c2ccc(CNC(=O)C3(N)CCCCC3)cn2)CC1. The Balaban J connectivity index is 1.52. The molecule has 1 aromatic heterocycles. The molecule has 0 radical (unpaired) electrons. The van der Waals surface area contributed by atoms with Gasteiger partial charge in [0.1, 0.15) is 5.82 Å². The molecule has 5 heteroatoms. The lowest BCUT2D eigenvalue weighted by Gasteiger charge is -2.32. The number of nitrogens with zero attached hydrogens (tertiary/aromatic N) is 2. The molecule has 0 unspecified atom stereocenters. The number of anilines is 1. The molecule has 24 heavy (non-hydrogen) atoms. The van der Waals surface area contributed by atoms with Gasteiger partial charge in [-0.2, -0.15) is 0 Å². The maximum absolute atomic E-state index is 12.4. The lowest BCUT2D eigenvalue weighted by atomic mass is 9.82. The average molecular weight is 330 g/mol. The minimum absolute atomic E-state index is 0.0173. The minimum atomic E-state index is -0.671. The van der Waals surface area contributed by atoms with Gasteiger partial charge >= 0.3 is 0 Å². The predicted octanol–water partition coefficient (Wildman–Crippen LogP) is 2.60. The zero-order chi connectivity index (χ0) is 17.0. The topological polar surface area (TPSA) is 71.2 Å². The molecule has 0 atom stereocenters. The van der Waals surface area contributed by atoms with Crippen molar-refractivity contribution in [3.8, 4) is 0 Å². The van der Waals surface area contributed by atoms with Crippen molar-refractivity contribution in [2.45, 2.75) is 64.0 Å². The number of nitrogens with two attached hydrogens (primary N) is 1. The summed E-state index contributed by atoms with van der Waals surface area (Å²) in [7, 11) is 0. The van der Waals surface area contributed by atoms with Crippen molar-refractivity contribution in [1.29, 1.82) is 0 Å². The number of carbonyl (C=O) groups excluding carboxylic acids is 1. The Labute approximate surface area is 145 Å². The van der Waals surface area contributed by atoms with Gasteiger partial charge in [-0.25, -0.2) is 4.98 Å². The summed E-state index contributed by atoms with van der Waals surface area (Å²) in [5.41, 5.74) is 6.62. The summed E-state index contributed by atoms with van der Waals surface area (Å²) in [4.78, 5) is 19.3. The average Bonchev–Trinajstić information content (AvgIpc) is 2.61. The molecule has 1 saturated heterocycles. The van der Waals surface area contributed by atoms with Crippen molar-refractivity contribution in [2.75, 3.05) is 18.0 Å². The van der Waals surface area contributed by atoms with Gasteiger partial charge in [0.05, 0.1) is 5.54 Å². The first-order valence-corrected chi connectivity index (χ1v) is 9.34. The Bertz CT molecular complexity index is 543. The van der Waals surface area contributed by atoms with Gasteiger partial charge in [-0.3, -0.25) is 4.79 Å². The monoisotopic (exact) mass is 330 g/mol. The van der Waals surface area contributed by atoms with Crippen LogP contribution in [-0.4, -0.2) is 29.5 Å². The van der Waals surface area contributed by atoms with Crippen LogP contribution in [0.5, 0.6) is 0 Å². The molecule has 3 rings (SSSR count). The first kappa shape index (κ1) is 17.2. The molecule has 2 fully saturated rings. The van der Waals surface area contributed by atoms with E-state index < -0.39 is 5.54 Å². The fraction of sp³-hybridized carbons (Fsp3) is 0.684. The van der Waals surface area contributed by atoms with E-state index in [1.807, 2.05) is 6.20 Å². The highest BCUT2D eigenvalue weighted by molar-refractivity contribution is 5.86. The van der Waals surface area contributed by atoms with Crippen LogP contribution in [0.4, 0.5) is 5.82 Å². The number of nitrogens with one attached hydrogen (secondary N) is 1. The van der Waals surface area contributed by atoms with Gasteiger partial charge in [-0.15, -0.1) is 0 Å². The molecular formula is C19H30N4O. The molecule has 0 spiro atoms. The summed E-state index contributed by atoms with van der Waals surface area (Å²) in [6.07, 6.45) is 9.22. The van der Waals surface area contributed by atoms with Gasteiger partial charge in [-0.05, 0) is 43.2 Å². The molecular weight excluding hydrogens is 300 g/mol. The van der Waals surface area contributed by atoms with Crippen molar-refractivity contribution in [1.82, 2.24) is 10.3 Å². The van der Waals surface area contributed by atoms with Crippen LogP contribution in [0.25, 0.3) is 0 Å². The highest BCUT2D eigenvalue weighted by atomic mass is 16.2. The molecule has 0 bridgehead atoms. The normalized spacial score (nSPS) is 21.5. The molecule has 132 valence electrons. The van der Waals surface area contributed by atoms with Gasteiger partial charge in [0, 0.05) is 25.8 Å². The van der Waals surface area contributed by atoms with Crippen molar-refractivity contribution in [3.63, 3.8) is 0 Å². The number of aromatic nitrogens is 1. The summed E-state index contributed by atoms with van der Waals surface area (Å²) in [5, 5.41) is 3.00. The zero-order valence-electron chi connectivity index (χ0n) is 14.8. The molecule has 1 aromatic rings. The Morgan fingerprint density at radius 3 is 2.62 bits per heavy atom. The van der Waals surface area contributed by atoms with Gasteiger partial charge in [-0.1, -0.05) is 32.3 Å². The van der Waals surface area contributed by atoms with Crippen LogP contribution in [0.3, 0.4) is 0 Å². The molecule has 2 aliphatic rings. The van der Waals surface area contributed by atoms with E-state index in [0.717, 1.165) is 56.1 Å². The number of hydrogen-bond acceptors (Lipinski definition) is 4. The second-order valence-electron chi connectivity index (χ2n) is 7.59. The number of piperidine rings is 1. The fourth-order valence-electron chi connectivity index (χ4n) is 3.71. The standard InChI is InChI=1S/C19H30N4O/c1-15-7-11-23(12-8-15)17-6-5-16(13-21-17)14-22-18(24)19(20)9-3-2-4-10-19/h5-6,13,15H,2-4,7-12,14,20H2,1H3,(H,22,24). The lowest BCUT2D eigenvalue weighted by molar-refractivity contribution is -0.127. The van der Waals surface area contributed by atoms with Crippen LogP contribution < -0.4 is 16.0 Å². The predicted molar refractivity (Wildman–Crippen MR) is 96.7 cm³/mol. The summed E-state index contributed by atoms with van der Waals surface area (Å²) in [6, 6.07) is 4.13. The minimum Gasteiger partial charge on any atom is -0.357 e. The molecule has 1 amide bonds. The highest BCUT2D eigenvalue weighted by Crippen LogP contribution is 2.26. The molecule has 2 heterocycles. The van der Waals surface area contributed by atoms with Crippen molar-refractivity contribution >= 4 is 11.7 Å². The van der Waals surface area contributed by atoms with E-state index in [1.54, 1.807) is 0 Å². The summed E-state index contributed by atoms with van der Waals surface area (Å²) >= 11 is 0. The van der Waals surface area contributed by atoms with E-state index in [1.165, 1.54) is 19.3 Å². The lowest BCUT2D eigenvalue weighted by Crippen LogP contribution is -2.54. The summed E-state index contributed by atoms with van der Waals surface area (Å²) in [6.45, 7) is 4.98. The number of rotatable bonds is 4. The van der Waals surface area contributed by atoms with E-state index in [0.29, 0.717) is 6.54 Å². The highest BCUT2D eigenvalue weighted by Gasteiger charge is 2.34. The van der Waals surface area contributed by atoms with E-state index in [-0.39, 0.29) is 5.91 Å². The molecule has 1 aliphatic carbocycles. The Kier molecular flexibility index (Phi) is 5.39. The first-order chi connectivity index (χ1) is 11.6. The van der Waals surface area contributed by atoms with E-state index >= 15 is 0 Å². The van der Waals surface area contributed by atoms with Gasteiger partial charge in [0.25, 0.3) is 0 Å². The van der Waals surface area contributed by atoms with E-state index in [9.17, 15) is 4.79 Å². The Morgan fingerprint density at radius 1 is 1.29 bits per heavy atom. The third-order valence-corrected chi connectivity index (χ3v) is 5.57. The number of hydrogen-bond donors (Lipinski definition) is 2. The van der Waals surface area contributed by atoms with Crippen molar-refractivity contribution in [2.24, 2.45) is 11.7 Å². The second kappa shape index (κ2) is 7.51. The van der Waals surface area contributed by atoms with Crippen LogP contribution >= 0.6 is 0 Å². The fourth-order valence-corrected chi connectivity index (χ4v) is 3.71. The van der Waals surface area contributed by atoms with E-state index in [4.69, 9.17) is 5.73 Å². The number of pyridine rings is 1. The molecule has 1 aliphatic heterocycles. The van der Waals surface area contributed by atoms with Gasteiger partial charge in [0.2, 0.25) is 5.91 Å². The third-order valence-electron chi connectivity index (χ3n) is 5.57. The van der Waals surface area contributed by atoms with Crippen LogP contribution in [0.15, 0.2) is 18.3 Å². The first-order valence-electron chi connectivity index (χ1n) is 9.34. The largest absolute Gasteiger partial charge is 0.357 e. The van der Waals surface area contributed by atoms with Gasteiger partial charge in [0.15, 0.2) is 0 Å². The zero-order valence-corrected chi connectivity index (χ0v) is 14.8. The summed E-state index contributed by atoms with van der Waals surface area (Å²) in [5.74, 6) is 1.84. The van der Waals surface area contributed by atoms with Crippen molar-refractivity contribution in [3.05, 3.63) is 23.9 Å². The Hall–Kier alpha value is -1.62. The van der Waals surface area contributed by atoms with Crippen LogP contribution in [0.1, 0.15) is 57.4 Å². The molecule has 0 aromatic carbocycles. The van der Waals surface area contributed by atoms with E-state index in [2.05, 4.69) is 34.3 Å². The van der Waals surface area contributed by atoms with Crippen molar-refractivity contribution < 1.29 is 4.79 Å². The van der Waals surface area contributed by atoms with Crippen LogP contribution in [0, 0.1) is 5.92 Å². The second-order valence-corrected chi connectivity index (χ2v) is 7.59.